The molecule has 1 fully saturated rings. The number of Topliss-reactive ketones (excluding diaryl/α,β-unsaturated/α-hetero) is 1. The summed E-state index contributed by atoms with van der Waals surface area (Å²) in [5, 5.41) is 3.21. The van der Waals surface area contributed by atoms with Crippen molar-refractivity contribution in [3.05, 3.63) is 0 Å². The van der Waals surface area contributed by atoms with Crippen molar-refractivity contribution in [2.75, 3.05) is 6.54 Å². The van der Waals surface area contributed by atoms with Crippen LogP contribution in [-0.4, -0.2) is 18.4 Å². The molecule has 1 rings (SSSR count). The maximum absolute atomic E-state index is 12.1. The number of hydrogen-bond acceptors (Lipinski definition) is 2. The lowest BCUT2D eigenvalue weighted by Gasteiger charge is -2.35. The summed E-state index contributed by atoms with van der Waals surface area (Å²) in [6, 6.07) is 0.164. The van der Waals surface area contributed by atoms with Gasteiger partial charge >= 0.3 is 0 Å². The molecule has 1 heterocycles. The molecule has 2 atom stereocenters. The maximum atomic E-state index is 12.1. The molecule has 1 unspecified atom stereocenters. The van der Waals surface area contributed by atoms with Crippen molar-refractivity contribution >= 4 is 5.78 Å². The molecular weight excluding hydrogens is 174 g/mol. The predicted octanol–water partition coefficient (Wildman–Crippen LogP) is 2.52. The van der Waals surface area contributed by atoms with Crippen LogP contribution >= 0.6 is 0 Å². The van der Waals surface area contributed by atoms with E-state index in [4.69, 9.17) is 0 Å². The van der Waals surface area contributed by atoms with Crippen LogP contribution < -0.4 is 5.32 Å². The Labute approximate surface area is 87.5 Å². The van der Waals surface area contributed by atoms with E-state index in [9.17, 15) is 4.79 Å². The van der Waals surface area contributed by atoms with Gasteiger partial charge in [-0.05, 0) is 25.8 Å². The molecule has 0 bridgehead atoms. The third-order valence-electron chi connectivity index (χ3n) is 3.60. The Balaban J connectivity index is 2.52. The molecule has 0 radical (unpaired) electrons. The average Bonchev–Trinajstić information content (AvgIpc) is 2.11. The van der Waals surface area contributed by atoms with Crippen LogP contribution in [0, 0.1) is 5.41 Å². The summed E-state index contributed by atoms with van der Waals surface area (Å²) in [4.78, 5) is 12.1. The number of rotatable bonds is 6. The summed E-state index contributed by atoms with van der Waals surface area (Å²) in [5.41, 5.74) is -0.0753. The first-order valence-corrected chi connectivity index (χ1v) is 5.91. The maximum Gasteiger partial charge on any atom is 0.155 e. The van der Waals surface area contributed by atoms with Crippen molar-refractivity contribution in [2.24, 2.45) is 5.41 Å². The first-order chi connectivity index (χ1) is 6.64. The van der Waals surface area contributed by atoms with Crippen molar-refractivity contribution in [3.63, 3.8) is 0 Å². The van der Waals surface area contributed by atoms with Crippen LogP contribution in [0.1, 0.15) is 52.9 Å². The SMILES string of the molecule is CCCCC(C)(CC)C(=O)[C@H]1CCN1. The molecule has 0 amide bonds. The van der Waals surface area contributed by atoms with Crippen molar-refractivity contribution in [3.8, 4) is 0 Å². The Hall–Kier alpha value is -0.370. The number of hydrogen-bond donors (Lipinski definition) is 1. The summed E-state index contributed by atoms with van der Waals surface area (Å²) in [6.45, 7) is 7.46. The molecule has 1 aliphatic rings. The lowest BCUT2D eigenvalue weighted by Crippen LogP contribution is -2.53. The number of ketones is 1. The molecule has 0 aliphatic carbocycles. The van der Waals surface area contributed by atoms with Crippen molar-refractivity contribution in [1.82, 2.24) is 5.32 Å². The predicted molar refractivity (Wildman–Crippen MR) is 59.3 cm³/mol. The molecule has 1 aliphatic heterocycles. The van der Waals surface area contributed by atoms with E-state index in [2.05, 4.69) is 26.1 Å². The highest BCUT2D eigenvalue weighted by atomic mass is 16.1. The fraction of sp³-hybridized carbons (Fsp3) is 0.917. The fourth-order valence-electron chi connectivity index (χ4n) is 1.97. The van der Waals surface area contributed by atoms with E-state index in [1.165, 1.54) is 12.8 Å². The van der Waals surface area contributed by atoms with Gasteiger partial charge in [0.2, 0.25) is 0 Å². The molecule has 0 aromatic heterocycles. The summed E-state index contributed by atoms with van der Waals surface area (Å²) >= 11 is 0. The molecule has 0 aromatic carbocycles. The highest BCUT2D eigenvalue weighted by Crippen LogP contribution is 2.32. The van der Waals surface area contributed by atoms with Gasteiger partial charge in [0.1, 0.15) is 0 Å². The minimum Gasteiger partial charge on any atom is -0.307 e. The van der Waals surface area contributed by atoms with Gasteiger partial charge in [0, 0.05) is 5.41 Å². The highest BCUT2D eigenvalue weighted by molar-refractivity contribution is 5.90. The molecule has 1 N–H and O–H groups in total. The highest BCUT2D eigenvalue weighted by Gasteiger charge is 2.37. The minimum atomic E-state index is -0.0753. The van der Waals surface area contributed by atoms with Gasteiger partial charge in [0.15, 0.2) is 5.78 Å². The van der Waals surface area contributed by atoms with Crippen LogP contribution in [-0.2, 0) is 4.79 Å². The van der Waals surface area contributed by atoms with E-state index >= 15 is 0 Å². The second kappa shape index (κ2) is 4.92. The summed E-state index contributed by atoms with van der Waals surface area (Å²) in [5.74, 6) is 0.444. The van der Waals surface area contributed by atoms with Gasteiger partial charge in [0.05, 0.1) is 6.04 Å². The molecule has 2 heteroatoms. The van der Waals surface area contributed by atoms with Crippen molar-refractivity contribution in [2.45, 2.75) is 58.9 Å². The van der Waals surface area contributed by atoms with Crippen LogP contribution in [0.2, 0.25) is 0 Å². The second-order valence-corrected chi connectivity index (χ2v) is 4.68. The van der Waals surface area contributed by atoms with E-state index < -0.39 is 0 Å². The number of unbranched alkanes of at least 4 members (excludes halogenated alkanes) is 1. The lowest BCUT2D eigenvalue weighted by atomic mass is 9.74. The van der Waals surface area contributed by atoms with Gasteiger partial charge in [-0.25, -0.2) is 0 Å². The van der Waals surface area contributed by atoms with Gasteiger partial charge in [-0.3, -0.25) is 4.79 Å². The van der Waals surface area contributed by atoms with Crippen LogP contribution in [0.25, 0.3) is 0 Å². The average molecular weight is 197 g/mol. The lowest BCUT2D eigenvalue weighted by molar-refractivity contribution is -0.132. The van der Waals surface area contributed by atoms with Gasteiger partial charge in [-0.1, -0.05) is 33.6 Å². The molecule has 0 aromatic rings. The Bertz CT molecular complexity index is 198. The van der Waals surface area contributed by atoms with Crippen LogP contribution in [0.4, 0.5) is 0 Å². The summed E-state index contributed by atoms with van der Waals surface area (Å²) in [6.07, 6.45) is 5.42. The number of carbonyl (C=O) groups excluding carboxylic acids is 1. The van der Waals surface area contributed by atoms with Gasteiger partial charge in [0.25, 0.3) is 0 Å². The van der Waals surface area contributed by atoms with Crippen molar-refractivity contribution < 1.29 is 4.79 Å². The first-order valence-electron chi connectivity index (χ1n) is 5.91. The zero-order chi connectivity index (χ0) is 10.6. The molecule has 14 heavy (non-hydrogen) atoms. The van der Waals surface area contributed by atoms with E-state index in [1.807, 2.05) is 0 Å². The molecule has 82 valence electrons. The van der Waals surface area contributed by atoms with E-state index in [1.54, 1.807) is 0 Å². The zero-order valence-electron chi connectivity index (χ0n) is 9.73. The monoisotopic (exact) mass is 197 g/mol. The standard InChI is InChI=1S/C12H23NO/c1-4-6-8-12(3,5-2)11(14)10-7-9-13-10/h10,13H,4-9H2,1-3H3/t10-,12?/m1/s1. The quantitative estimate of drug-likeness (QED) is 0.709. The molecule has 0 saturated carbocycles. The van der Waals surface area contributed by atoms with Gasteiger partial charge < -0.3 is 5.32 Å². The molecular formula is C12H23NO. The normalized spacial score (nSPS) is 25.2. The van der Waals surface area contributed by atoms with Crippen molar-refractivity contribution in [1.29, 1.82) is 0 Å². The Kier molecular flexibility index (Phi) is 4.11. The van der Waals surface area contributed by atoms with Crippen LogP contribution in [0.3, 0.4) is 0 Å². The first kappa shape index (κ1) is 11.7. The topological polar surface area (TPSA) is 29.1 Å². The minimum absolute atomic E-state index is 0.0753. The zero-order valence-corrected chi connectivity index (χ0v) is 9.73. The smallest absolute Gasteiger partial charge is 0.155 e. The molecule has 0 spiro atoms. The Morgan fingerprint density at radius 2 is 2.14 bits per heavy atom. The number of nitrogens with one attached hydrogen (secondary N) is 1. The summed E-state index contributed by atoms with van der Waals surface area (Å²) < 4.78 is 0. The largest absolute Gasteiger partial charge is 0.307 e. The second-order valence-electron chi connectivity index (χ2n) is 4.68. The Morgan fingerprint density at radius 1 is 1.50 bits per heavy atom. The van der Waals surface area contributed by atoms with Crippen LogP contribution in [0.15, 0.2) is 0 Å². The summed E-state index contributed by atoms with van der Waals surface area (Å²) in [7, 11) is 0. The fourth-order valence-corrected chi connectivity index (χ4v) is 1.97. The van der Waals surface area contributed by atoms with Crippen LogP contribution in [0.5, 0.6) is 0 Å². The Morgan fingerprint density at radius 3 is 2.50 bits per heavy atom. The molecule has 1 saturated heterocycles. The third-order valence-corrected chi connectivity index (χ3v) is 3.60. The van der Waals surface area contributed by atoms with E-state index in [0.717, 1.165) is 25.8 Å². The van der Waals surface area contributed by atoms with Gasteiger partial charge in [-0.15, -0.1) is 0 Å². The van der Waals surface area contributed by atoms with E-state index in [0.29, 0.717) is 5.78 Å². The third kappa shape index (κ3) is 2.35. The van der Waals surface area contributed by atoms with E-state index in [-0.39, 0.29) is 11.5 Å². The molecule has 2 nitrogen and oxygen atoms in total. The van der Waals surface area contributed by atoms with Gasteiger partial charge in [-0.2, -0.15) is 0 Å². The number of carbonyl (C=O) groups is 1.